The molecule has 0 radical (unpaired) electrons. The summed E-state index contributed by atoms with van der Waals surface area (Å²) < 4.78 is 33.8. The normalized spacial score (nSPS) is 11.3. The van der Waals surface area contributed by atoms with Gasteiger partial charge in [-0.05, 0) is 66.6 Å². The third-order valence-electron chi connectivity index (χ3n) is 5.53. The first kappa shape index (κ1) is 26.9. The number of benzene rings is 4. The molecule has 1 N–H and O–H groups in total. The van der Waals surface area contributed by atoms with Gasteiger partial charge >= 0.3 is 0 Å². The zero-order chi connectivity index (χ0) is 27.0. The van der Waals surface area contributed by atoms with E-state index >= 15 is 0 Å². The van der Waals surface area contributed by atoms with Gasteiger partial charge in [-0.25, -0.2) is 13.8 Å². The van der Waals surface area contributed by atoms with Crippen LogP contribution < -0.4 is 14.5 Å². The lowest BCUT2D eigenvalue weighted by molar-refractivity contribution is -0.119. The van der Waals surface area contributed by atoms with Gasteiger partial charge < -0.3 is 4.74 Å². The van der Waals surface area contributed by atoms with Gasteiger partial charge in [0.1, 0.15) is 18.9 Å². The number of sulfonamides is 1. The number of ether oxygens (including phenoxy) is 1. The number of para-hydroxylation sites is 1. The summed E-state index contributed by atoms with van der Waals surface area (Å²) in [5, 5.41) is 4.69. The number of amides is 1. The predicted octanol–water partition coefficient (Wildman–Crippen LogP) is 5.57. The summed E-state index contributed by atoms with van der Waals surface area (Å²) in [6, 6.07) is 29.6. The fraction of sp³-hybridized carbons (Fsp3) is 0.103. The summed E-state index contributed by atoms with van der Waals surface area (Å²) in [5.74, 6) is -0.0182. The summed E-state index contributed by atoms with van der Waals surface area (Å²) in [6.45, 7) is 1.73. The van der Waals surface area contributed by atoms with Crippen LogP contribution in [0.3, 0.4) is 0 Å². The van der Waals surface area contributed by atoms with Crippen LogP contribution in [0.1, 0.15) is 16.7 Å². The van der Waals surface area contributed by atoms with E-state index in [2.05, 4.69) is 10.5 Å². The highest BCUT2D eigenvalue weighted by Gasteiger charge is 2.27. The molecule has 0 saturated heterocycles. The molecule has 0 aliphatic rings. The number of hydrazone groups is 1. The largest absolute Gasteiger partial charge is 0.488 e. The van der Waals surface area contributed by atoms with Crippen LogP contribution >= 0.6 is 11.6 Å². The molecule has 4 rings (SSSR count). The first-order chi connectivity index (χ1) is 18.3. The van der Waals surface area contributed by atoms with Crippen molar-refractivity contribution in [2.45, 2.75) is 18.4 Å². The van der Waals surface area contributed by atoms with Crippen LogP contribution in [-0.4, -0.2) is 27.1 Å². The second-order valence-electron chi connectivity index (χ2n) is 8.41. The summed E-state index contributed by atoms with van der Waals surface area (Å²) in [6.07, 6.45) is 1.46. The first-order valence-corrected chi connectivity index (χ1v) is 13.6. The first-order valence-electron chi connectivity index (χ1n) is 11.8. The molecule has 9 heteroatoms. The molecule has 0 unspecified atom stereocenters. The Balaban J connectivity index is 1.47. The topological polar surface area (TPSA) is 88.1 Å². The molecular weight excluding hydrogens is 522 g/mol. The van der Waals surface area contributed by atoms with Crippen molar-refractivity contribution < 1.29 is 17.9 Å². The zero-order valence-electron chi connectivity index (χ0n) is 20.6. The minimum Gasteiger partial charge on any atom is -0.488 e. The van der Waals surface area contributed by atoms with E-state index in [1.807, 2.05) is 37.3 Å². The Hall–Kier alpha value is -4.14. The van der Waals surface area contributed by atoms with Gasteiger partial charge in [0.2, 0.25) is 0 Å². The maximum Gasteiger partial charge on any atom is 0.264 e. The molecule has 0 fully saturated rings. The monoisotopic (exact) mass is 547 g/mol. The van der Waals surface area contributed by atoms with E-state index in [0.29, 0.717) is 28.6 Å². The third kappa shape index (κ3) is 7.00. The maximum atomic E-state index is 13.4. The van der Waals surface area contributed by atoms with E-state index in [9.17, 15) is 13.2 Å². The van der Waals surface area contributed by atoms with Crippen molar-refractivity contribution in [3.8, 4) is 5.75 Å². The Labute approximate surface area is 227 Å². The maximum absolute atomic E-state index is 13.4. The fourth-order valence-corrected chi connectivity index (χ4v) is 5.18. The van der Waals surface area contributed by atoms with Crippen molar-refractivity contribution in [3.63, 3.8) is 0 Å². The molecular formula is C29H26ClN3O4S. The average Bonchev–Trinajstić information content (AvgIpc) is 2.92. The molecule has 0 aliphatic carbocycles. The number of carbonyl (C=O) groups is 1. The molecule has 0 atom stereocenters. The summed E-state index contributed by atoms with van der Waals surface area (Å²) in [7, 11) is -3.99. The second kappa shape index (κ2) is 12.4. The molecule has 38 heavy (non-hydrogen) atoms. The summed E-state index contributed by atoms with van der Waals surface area (Å²) in [5.41, 5.74) is 5.28. The molecule has 194 valence electrons. The smallest absolute Gasteiger partial charge is 0.264 e. The molecule has 0 aromatic heterocycles. The van der Waals surface area contributed by atoms with Crippen molar-refractivity contribution in [3.05, 3.63) is 125 Å². The number of carbonyl (C=O) groups excluding carboxylic acids is 1. The van der Waals surface area contributed by atoms with Crippen molar-refractivity contribution in [2.75, 3.05) is 10.8 Å². The van der Waals surface area contributed by atoms with Crippen LogP contribution in [0.4, 0.5) is 5.69 Å². The van der Waals surface area contributed by atoms with E-state index in [0.717, 1.165) is 15.4 Å². The Morgan fingerprint density at radius 1 is 0.947 bits per heavy atom. The van der Waals surface area contributed by atoms with Crippen LogP contribution in [0, 0.1) is 6.92 Å². The predicted molar refractivity (Wildman–Crippen MR) is 150 cm³/mol. The van der Waals surface area contributed by atoms with Gasteiger partial charge in [0.05, 0.1) is 16.8 Å². The standard InChI is InChI=1S/C29H26ClN3O4S/c1-22-8-7-10-26(18-22)33(38(35,36)27-11-3-2-4-12-27)20-29(34)32-31-19-24-9-5-6-13-28(24)37-21-23-14-16-25(30)17-15-23/h2-19H,20-21H2,1H3,(H,32,34). The van der Waals surface area contributed by atoms with Gasteiger partial charge in [-0.3, -0.25) is 9.10 Å². The van der Waals surface area contributed by atoms with Gasteiger partial charge in [-0.1, -0.05) is 66.2 Å². The molecule has 0 aliphatic heterocycles. The van der Waals surface area contributed by atoms with Crippen molar-refractivity contribution >= 4 is 39.4 Å². The molecule has 0 bridgehead atoms. The lowest BCUT2D eigenvalue weighted by Gasteiger charge is -2.24. The van der Waals surface area contributed by atoms with Gasteiger partial charge in [0, 0.05) is 10.6 Å². The van der Waals surface area contributed by atoms with E-state index in [4.69, 9.17) is 16.3 Å². The van der Waals surface area contributed by atoms with E-state index in [1.165, 1.54) is 18.3 Å². The number of nitrogens with one attached hydrogen (secondary N) is 1. The Kier molecular flexibility index (Phi) is 8.78. The van der Waals surface area contributed by atoms with Crippen molar-refractivity contribution in [2.24, 2.45) is 5.10 Å². The SMILES string of the molecule is Cc1cccc(N(CC(=O)NN=Cc2ccccc2OCc2ccc(Cl)cc2)S(=O)(=O)c2ccccc2)c1. The highest BCUT2D eigenvalue weighted by Crippen LogP contribution is 2.24. The molecule has 4 aromatic carbocycles. The highest BCUT2D eigenvalue weighted by atomic mass is 35.5. The fourth-order valence-electron chi connectivity index (χ4n) is 3.62. The van der Waals surface area contributed by atoms with Crippen LogP contribution in [0.2, 0.25) is 5.02 Å². The van der Waals surface area contributed by atoms with E-state index in [-0.39, 0.29) is 4.90 Å². The van der Waals surface area contributed by atoms with Crippen LogP contribution in [0.25, 0.3) is 0 Å². The van der Waals surface area contributed by atoms with Crippen LogP contribution in [-0.2, 0) is 21.4 Å². The van der Waals surface area contributed by atoms with Crippen molar-refractivity contribution in [1.82, 2.24) is 5.43 Å². The average molecular weight is 548 g/mol. The third-order valence-corrected chi connectivity index (χ3v) is 7.57. The Bertz CT molecular complexity index is 1530. The minimum absolute atomic E-state index is 0.0876. The molecule has 0 heterocycles. The molecule has 0 saturated carbocycles. The van der Waals surface area contributed by atoms with E-state index < -0.39 is 22.5 Å². The van der Waals surface area contributed by atoms with Gasteiger partial charge in [0.15, 0.2) is 0 Å². The molecule has 4 aromatic rings. The second-order valence-corrected chi connectivity index (χ2v) is 10.7. The molecule has 0 spiro atoms. The number of aryl methyl sites for hydroxylation is 1. The highest BCUT2D eigenvalue weighted by molar-refractivity contribution is 7.92. The number of hydrogen-bond donors (Lipinski definition) is 1. The van der Waals surface area contributed by atoms with Crippen LogP contribution in [0.15, 0.2) is 113 Å². The zero-order valence-corrected chi connectivity index (χ0v) is 22.2. The Morgan fingerprint density at radius 3 is 2.39 bits per heavy atom. The lowest BCUT2D eigenvalue weighted by Crippen LogP contribution is -2.39. The number of halogens is 1. The minimum atomic E-state index is -3.99. The van der Waals surface area contributed by atoms with Gasteiger partial charge in [0.25, 0.3) is 15.9 Å². The number of nitrogens with zero attached hydrogens (tertiary/aromatic N) is 2. The molecule has 1 amide bonds. The Morgan fingerprint density at radius 2 is 1.66 bits per heavy atom. The quantitative estimate of drug-likeness (QED) is 0.207. The van der Waals surface area contributed by atoms with Crippen LogP contribution in [0.5, 0.6) is 5.75 Å². The van der Waals surface area contributed by atoms with Gasteiger partial charge in [-0.2, -0.15) is 5.10 Å². The number of hydrogen-bond acceptors (Lipinski definition) is 5. The van der Waals surface area contributed by atoms with Gasteiger partial charge in [-0.15, -0.1) is 0 Å². The summed E-state index contributed by atoms with van der Waals surface area (Å²) >= 11 is 5.94. The van der Waals surface area contributed by atoms with E-state index in [1.54, 1.807) is 60.7 Å². The lowest BCUT2D eigenvalue weighted by atomic mass is 10.2. The number of rotatable bonds is 10. The number of anilines is 1. The summed E-state index contributed by atoms with van der Waals surface area (Å²) in [4.78, 5) is 12.9. The molecule has 7 nitrogen and oxygen atoms in total. The van der Waals surface area contributed by atoms with Crippen molar-refractivity contribution in [1.29, 1.82) is 0 Å².